The second-order valence-electron chi connectivity index (χ2n) is 5.33. The number of amides is 1. The summed E-state index contributed by atoms with van der Waals surface area (Å²) < 4.78 is 1.25. The second-order valence-corrected chi connectivity index (χ2v) is 5.33. The maximum atomic E-state index is 12.4. The minimum absolute atomic E-state index is 0. The number of fused-ring (bicyclic) bond motifs is 1. The van der Waals surface area contributed by atoms with Gasteiger partial charge in [0.25, 0.3) is 5.56 Å². The molecule has 1 aliphatic heterocycles. The van der Waals surface area contributed by atoms with E-state index in [-0.39, 0.29) is 36.5 Å². The molecule has 1 atom stereocenters. The van der Waals surface area contributed by atoms with E-state index in [0.717, 1.165) is 18.5 Å². The van der Waals surface area contributed by atoms with Gasteiger partial charge in [-0.3, -0.25) is 9.59 Å². The highest BCUT2D eigenvalue weighted by atomic mass is 35.5. The Balaban J connectivity index is 0.00000176. The van der Waals surface area contributed by atoms with Crippen molar-refractivity contribution in [3.05, 3.63) is 40.8 Å². The van der Waals surface area contributed by atoms with Crippen molar-refractivity contribution in [3.8, 4) is 0 Å². The van der Waals surface area contributed by atoms with Crippen LogP contribution >= 0.6 is 12.4 Å². The molecule has 0 radical (unpaired) electrons. The van der Waals surface area contributed by atoms with Crippen LogP contribution in [0.5, 0.6) is 0 Å². The van der Waals surface area contributed by atoms with Gasteiger partial charge in [-0.2, -0.15) is 5.10 Å². The lowest BCUT2D eigenvalue weighted by molar-refractivity contribution is -0.134. The Kier molecular flexibility index (Phi) is 5.15. The summed E-state index contributed by atoms with van der Waals surface area (Å²) >= 11 is 0. The van der Waals surface area contributed by atoms with E-state index in [1.165, 1.54) is 4.68 Å². The molecule has 1 aliphatic rings. The Hall–Kier alpha value is -1.92. The number of piperazine rings is 1. The van der Waals surface area contributed by atoms with Gasteiger partial charge in [-0.05, 0) is 13.0 Å². The fourth-order valence-electron chi connectivity index (χ4n) is 2.67. The van der Waals surface area contributed by atoms with Crippen LogP contribution in [0.3, 0.4) is 0 Å². The third kappa shape index (κ3) is 3.13. The zero-order chi connectivity index (χ0) is 14.8. The number of carbonyl (C=O) groups is 1. The van der Waals surface area contributed by atoms with Crippen molar-refractivity contribution in [2.24, 2.45) is 0 Å². The van der Waals surface area contributed by atoms with Gasteiger partial charge < -0.3 is 10.2 Å². The van der Waals surface area contributed by atoms with E-state index in [4.69, 9.17) is 0 Å². The molecule has 0 unspecified atom stereocenters. The van der Waals surface area contributed by atoms with E-state index < -0.39 is 0 Å². The van der Waals surface area contributed by atoms with Crippen molar-refractivity contribution in [2.75, 3.05) is 19.6 Å². The summed E-state index contributed by atoms with van der Waals surface area (Å²) in [6, 6.07) is 7.42. The molecule has 1 aromatic carbocycles. The van der Waals surface area contributed by atoms with E-state index in [0.29, 0.717) is 11.9 Å². The molecule has 1 fully saturated rings. The number of benzene rings is 1. The second kappa shape index (κ2) is 6.89. The number of nitrogens with one attached hydrogen (secondary N) is 1. The highest BCUT2D eigenvalue weighted by Crippen LogP contribution is 2.07. The SMILES string of the molecule is C[C@H]1CNCCN1C(=O)Cn1ncc2ccccc2c1=O.Cl. The zero-order valence-corrected chi connectivity index (χ0v) is 13.2. The Bertz CT molecular complexity index is 731. The fourth-order valence-corrected chi connectivity index (χ4v) is 2.67. The standard InChI is InChI=1S/C15H18N4O2.ClH/c1-11-8-16-6-7-18(11)14(20)10-19-15(21)13-5-3-2-4-12(13)9-17-19;/h2-5,9,11,16H,6-8,10H2,1H3;1H/t11-;/m0./s1. The van der Waals surface area contributed by atoms with Gasteiger partial charge in [0.2, 0.25) is 5.91 Å². The maximum Gasteiger partial charge on any atom is 0.275 e. The molecule has 0 saturated carbocycles. The third-order valence-corrected chi connectivity index (χ3v) is 3.87. The van der Waals surface area contributed by atoms with Crippen molar-refractivity contribution >= 4 is 29.1 Å². The molecule has 118 valence electrons. The van der Waals surface area contributed by atoms with Crippen LogP contribution in [0.2, 0.25) is 0 Å². The Morgan fingerprint density at radius 1 is 1.41 bits per heavy atom. The highest BCUT2D eigenvalue weighted by molar-refractivity contribution is 5.85. The van der Waals surface area contributed by atoms with Gasteiger partial charge in [0.05, 0.1) is 11.6 Å². The van der Waals surface area contributed by atoms with Gasteiger partial charge in [0, 0.05) is 31.1 Å². The third-order valence-electron chi connectivity index (χ3n) is 3.87. The van der Waals surface area contributed by atoms with Crippen LogP contribution in [0.4, 0.5) is 0 Å². The topological polar surface area (TPSA) is 67.2 Å². The first-order valence-corrected chi connectivity index (χ1v) is 7.12. The zero-order valence-electron chi connectivity index (χ0n) is 12.4. The summed E-state index contributed by atoms with van der Waals surface area (Å²) in [5.41, 5.74) is -0.218. The van der Waals surface area contributed by atoms with E-state index in [1.807, 2.05) is 25.1 Å². The van der Waals surface area contributed by atoms with Gasteiger partial charge in [0.1, 0.15) is 6.54 Å². The molecule has 1 aromatic heterocycles. The van der Waals surface area contributed by atoms with Crippen LogP contribution in [0, 0.1) is 0 Å². The number of hydrogen-bond acceptors (Lipinski definition) is 4. The first-order chi connectivity index (χ1) is 10.2. The predicted octanol–water partition coefficient (Wildman–Crippen LogP) is 0.639. The normalized spacial score (nSPS) is 18.0. The largest absolute Gasteiger partial charge is 0.336 e. The van der Waals surface area contributed by atoms with Gasteiger partial charge in [-0.1, -0.05) is 18.2 Å². The number of halogens is 1. The monoisotopic (exact) mass is 322 g/mol. The summed E-state index contributed by atoms with van der Waals surface area (Å²) in [5, 5.41) is 8.73. The number of aromatic nitrogens is 2. The number of nitrogens with zero attached hydrogens (tertiary/aromatic N) is 3. The average molecular weight is 323 g/mol. The molecule has 1 saturated heterocycles. The van der Waals surface area contributed by atoms with Crippen LogP contribution in [0.25, 0.3) is 10.8 Å². The quantitative estimate of drug-likeness (QED) is 0.881. The van der Waals surface area contributed by atoms with Gasteiger partial charge in [-0.15, -0.1) is 12.4 Å². The molecule has 6 nitrogen and oxygen atoms in total. The summed E-state index contributed by atoms with van der Waals surface area (Å²) in [7, 11) is 0. The Labute approximate surface area is 134 Å². The summed E-state index contributed by atoms with van der Waals surface area (Å²) in [4.78, 5) is 26.5. The lowest BCUT2D eigenvalue weighted by atomic mass is 10.2. The summed E-state index contributed by atoms with van der Waals surface area (Å²) in [6.07, 6.45) is 1.63. The van der Waals surface area contributed by atoms with Gasteiger partial charge in [0.15, 0.2) is 0 Å². The molecular formula is C15H19ClN4O2. The average Bonchev–Trinajstić information content (AvgIpc) is 2.51. The molecule has 22 heavy (non-hydrogen) atoms. The highest BCUT2D eigenvalue weighted by Gasteiger charge is 2.23. The Morgan fingerprint density at radius 3 is 2.95 bits per heavy atom. The molecule has 1 N–H and O–H groups in total. The minimum atomic E-state index is -0.218. The lowest BCUT2D eigenvalue weighted by Crippen LogP contribution is -2.53. The molecule has 1 amide bonds. The molecule has 0 spiro atoms. The molecule has 0 aliphatic carbocycles. The summed E-state index contributed by atoms with van der Waals surface area (Å²) in [6.45, 7) is 4.24. The van der Waals surface area contributed by atoms with Crippen LogP contribution in [0.1, 0.15) is 6.92 Å². The first kappa shape index (κ1) is 16.5. The van der Waals surface area contributed by atoms with Gasteiger partial charge >= 0.3 is 0 Å². The van der Waals surface area contributed by atoms with Crippen LogP contribution in [-0.4, -0.2) is 46.3 Å². The fraction of sp³-hybridized carbons (Fsp3) is 0.400. The van der Waals surface area contributed by atoms with Gasteiger partial charge in [-0.25, -0.2) is 4.68 Å². The van der Waals surface area contributed by atoms with Crippen molar-refractivity contribution in [1.29, 1.82) is 0 Å². The number of hydrogen-bond donors (Lipinski definition) is 1. The van der Waals surface area contributed by atoms with E-state index >= 15 is 0 Å². The Morgan fingerprint density at radius 2 is 2.18 bits per heavy atom. The van der Waals surface area contributed by atoms with Crippen molar-refractivity contribution in [1.82, 2.24) is 20.0 Å². The van der Waals surface area contributed by atoms with Crippen LogP contribution in [-0.2, 0) is 11.3 Å². The lowest BCUT2D eigenvalue weighted by Gasteiger charge is -2.34. The van der Waals surface area contributed by atoms with Crippen LogP contribution in [0.15, 0.2) is 35.3 Å². The molecule has 0 bridgehead atoms. The minimum Gasteiger partial charge on any atom is -0.336 e. The smallest absolute Gasteiger partial charge is 0.275 e. The predicted molar refractivity (Wildman–Crippen MR) is 87.3 cm³/mol. The van der Waals surface area contributed by atoms with Crippen molar-refractivity contribution in [2.45, 2.75) is 19.5 Å². The maximum absolute atomic E-state index is 12.4. The number of rotatable bonds is 2. The van der Waals surface area contributed by atoms with E-state index in [2.05, 4.69) is 10.4 Å². The van der Waals surface area contributed by atoms with Crippen molar-refractivity contribution in [3.63, 3.8) is 0 Å². The molecular weight excluding hydrogens is 304 g/mol. The van der Waals surface area contributed by atoms with Crippen LogP contribution < -0.4 is 10.9 Å². The summed E-state index contributed by atoms with van der Waals surface area (Å²) in [5.74, 6) is -0.0612. The first-order valence-electron chi connectivity index (χ1n) is 7.12. The molecule has 2 aromatic rings. The molecule has 3 rings (SSSR count). The van der Waals surface area contributed by atoms with Crippen molar-refractivity contribution < 1.29 is 4.79 Å². The van der Waals surface area contributed by atoms with E-state index in [1.54, 1.807) is 17.2 Å². The van der Waals surface area contributed by atoms with E-state index in [9.17, 15) is 9.59 Å². The molecule has 2 heterocycles. The molecule has 7 heteroatoms. The number of carbonyl (C=O) groups excluding carboxylic acids is 1.